The van der Waals surface area contributed by atoms with Crippen LogP contribution in [0.1, 0.15) is 30.1 Å². The van der Waals surface area contributed by atoms with E-state index >= 15 is 0 Å². The fourth-order valence-corrected chi connectivity index (χ4v) is 2.75. The average molecular weight is 337 g/mol. The molecule has 0 aliphatic carbocycles. The fraction of sp³-hybridized carbons (Fsp3) is 0.211. The van der Waals surface area contributed by atoms with Crippen LogP contribution in [0, 0.1) is 0 Å². The number of anilines is 1. The second kappa shape index (κ2) is 7.17. The molecule has 0 saturated carbocycles. The summed E-state index contributed by atoms with van der Waals surface area (Å²) in [4.78, 5) is 29.5. The molecule has 128 valence electrons. The summed E-state index contributed by atoms with van der Waals surface area (Å²) in [5.41, 5.74) is -0.147. The minimum Gasteiger partial charge on any atom is -0.506 e. The molecule has 25 heavy (non-hydrogen) atoms. The first-order valence-electron chi connectivity index (χ1n) is 8.20. The molecule has 0 bridgehead atoms. The van der Waals surface area contributed by atoms with E-state index in [-0.39, 0.29) is 11.3 Å². The lowest BCUT2D eigenvalue weighted by molar-refractivity contribution is 0.102. The lowest BCUT2D eigenvalue weighted by atomic mass is 10.1. The van der Waals surface area contributed by atoms with Gasteiger partial charge in [0.15, 0.2) is 0 Å². The molecule has 2 heterocycles. The van der Waals surface area contributed by atoms with Crippen LogP contribution in [-0.2, 0) is 6.54 Å². The van der Waals surface area contributed by atoms with Crippen molar-refractivity contribution < 1.29 is 9.90 Å². The van der Waals surface area contributed by atoms with Crippen molar-refractivity contribution in [2.75, 3.05) is 5.32 Å². The predicted molar refractivity (Wildman–Crippen MR) is 97.0 cm³/mol. The number of benzene rings is 1. The highest BCUT2D eigenvalue weighted by atomic mass is 16.3. The van der Waals surface area contributed by atoms with Gasteiger partial charge >= 0.3 is 0 Å². The van der Waals surface area contributed by atoms with Gasteiger partial charge in [0.1, 0.15) is 17.1 Å². The third kappa shape index (κ3) is 3.24. The number of carbonyl (C=O) groups is 1. The predicted octanol–water partition coefficient (Wildman–Crippen LogP) is 3.15. The van der Waals surface area contributed by atoms with Crippen LogP contribution >= 0.6 is 0 Å². The molecule has 1 aromatic carbocycles. The normalized spacial score (nSPS) is 10.8. The van der Waals surface area contributed by atoms with Crippen LogP contribution in [-0.4, -0.2) is 20.6 Å². The summed E-state index contributed by atoms with van der Waals surface area (Å²) >= 11 is 0. The summed E-state index contributed by atoms with van der Waals surface area (Å²) in [6.07, 6.45) is 3.25. The van der Waals surface area contributed by atoms with Crippen molar-refractivity contribution in [2.45, 2.75) is 26.3 Å². The van der Waals surface area contributed by atoms with E-state index in [1.807, 2.05) is 6.92 Å². The number of aryl methyl sites for hydroxylation is 1. The molecule has 2 aromatic heterocycles. The summed E-state index contributed by atoms with van der Waals surface area (Å²) in [6.45, 7) is 2.52. The number of nitrogens with zero attached hydrogens (tertiary/aromatic N) is 2. The van der Waals surface area contributed by atoms with E-state index in [0.717, 1.165) is 12.8 Å². The Kier molecular flexibility index (Phi) is 4.79. The van der Waals surface area contributed by atoms with Crippen LogP contribution < -0.4 is 10.9 Å². The first kappa shape index (κ1) is 16.7. The quantitative estimate of drug-likeness (QED) is 0.749. The first-order chi connectivity index (χ1) is 12.1. The monoisotopic (exact) mass is 337 g/mol. The molecule has 6 heteroatoms. The van der Waals surface area contributed by atoms with E-state index < -0.39 is 11.5 Å². The number of para-hydroxylation sites is 1. The largest absolute Gasteiger partial charge is 0.506 e. The van der Waals surface area contributed by atoms with Gasteiger partial charge in [-0.2, -0.15) is 0 Å². The van der Waals surface area contributed by atoms with Gasteiger partial charge in [-0.3, -0.25) is 9.59 Å². The molecule has 0 unspecified atom stereocenters. The number of hydrogen-bond donors (Lipinski definition) is 2. The number of fused-ring (bicyclic) bond motifs is 1. The number of unbranched alkanes of at least 4 members (excludes halogenated alkanes) is 1. The summed E-state index contributed by atoms with van der Waals surface area (Å²) < 4.78 is 1.55. The lowest BCUT2D eigenvalue weighted by Gasteiger charge is -2.14. The van der Waals surface area contributed by atoms with Crippen LogP contribution in [0.15, 0.2) is 53.5 Å². The number of aromatic hydroxyl groups is 1. The number of amides is 1. The fourth-order valence-electron chi connectivity index (χ4n) is 2.75. The SMILES string of the molecule is CCCCn1c(=O)c(C(=O)Nc2ccccn2)c(O)c2ccccc21. The number of hydrogen-bond acceptors (Lipinski definition) is 4. The summed E-state index contributed by atoms with van der Waals surface area (Å²) in [5, 5.41) is 13.6. The first-order valence-corrected chi connectivity index (χ1v) is 8.20. The molecule has 0 aliphatic heterocycles. The molecule has 3 aromatic rings. The Balaban J connectivity index is 2.14. The Bertz CT molecular complexity index is 965. The summed E-state index contributed by atoms with van der Waals surface area (Å²) in [7, 11) is 0. The van der Waals surface area contributed by atoms with Gasteiger partial charge in [0.25, 0.3) is 11.5 Å². The van der Waals surface area contributed by atoms with Gasteiger partial charge in [0.05, 0.1) is 5.52 Å². The number of rotatable bonds is 5. The smallest absolute Gasteiger partial charge is 0.267 e. The van der Waals surface area contributed by atoms with Gasteiger partial charge in [-0.15, -0.1) is 0 Å². The minimum atomic E-state index is -0.669. The van der Waals surface area contributed by atoms with E-state index in [0.29, 0.717) is 23.3 Å². The van der Waals surface area contributed by atoms with Gasteiger partial charge in [0, 0.05) is 18.1 Å². The maximum Gasteiger partial charge on any atom is 0.267 e. The van der Waals surface area contributed by atoms with E-state index in [2.05, 4.69) is 10.3 Å². The van der Waals surface area contributed by atoms with Crippen molar-refractivity contribution in [2.24, 2.45) is 0 Å². The molecule has 0 fully saturated rings. The second-order valence-electron chi connectivity index (χ2n) is 5.72. The van der Waals surface area contributed by atoms with Crippen molar-refractivity contribution in [3.05, 3.63) is 64.6 Å². The Morgan fingerprint density at radius 3 is 2.68 bits per heavy atom. The third-order valence-corrected chi connectivity index (χ3v) is 4.01. The molecule has 2 N–H and O–H groups in total. The number of pyridine rings is 2. The molecule has 0 aliphatic rings. The van der Waals surface area contributed by atoms with E-state index in [1.54, 1.807) is 47.0 Å². The van der Waals surface area contributed by atoms with E-state index in [4.69, 9.17) is 0 Å². The van der Waals surface area contributed by atoms with Crippen molar-refractivity contribution in [1.82, 2.24) is 9.55 Å². The number of aromatic nitrogens is 2. The van der Waals surface area contributed by atoms with E-state index in [1.165, 1.54) is 6.20 Å². The standard InChI is InChI=1S/C19H19N3O3/c1-2-3-12-22-14-9-5-4-8-13(14)17(23)16(19(22)25)18(24)21-15-10-6-7-11-20-15/h4-11,23H,2-3,12H2,1H3,(H,20,21,24). The van der Waals surface area contributed by atoms with Gasteiger partial charge in [-0.1, -0.05) is 31.5 Å². The van der Waals surface area contributed by atoms with E-state index in [9.17, 15) is 14.7 Å². The van der Waals surface area contributed by atoms with Crippen molar-refractivity contribution in [3.8, 4) is 5.75 Å². The highest BCUT2D eigenvalue weighted by Crippen LogP contribution is 2.26. The molecule has 0 spiro atoms. The zero-order chi connectivity index (χ0) is 17.8. The third-order valence-electron chi connectivity index (χ3n) is 4.01. The molecule has 1 amide bonds. The molecule has 6 nitrogen and oxygen atoms in total. The van der Waals surface area contributed by atoms with Crippen LogP contribution in [0.25, 0.3) is 10.9 Å². The average Bonchev–Trinajstić information content (AvgIpc) is 2.62. The Hall–Kier alpha value is -3.15. The minimum absolute atomic E-state index is 0.263. The van der Waals surface area contributed by atoms with Crippen LogP contribution in [0.5, 0.6) is 5.75 Å². The van der Waals surface area contributed by atoms with Gasteiger partial charge in [-0.25, -0.2) is 4.98 Å². The zero-order valence-corrected chi connectivity index (χ0v) is 13.9. The van der Waals surface area contributed by atoms with Crippen molar-refractivity contribution in [3.63, 3.8) is 0 Å². The topological polar surface area (TPSA) is 84.2 Å². The molecular formula is C19H19N3O3. The molecule has 0 saturated heterocycles. The Labute approximate surface area is 144 Å². The maximum absolute atomic E-state index is 12.9. The second-order valence-corrected chi connectivity index (χ2v) is 5.72. The van der Waals surface area contributed by atoms with Gasteiger partial charge in [0.2, 0.25) is 0 Å². The van der Waals surface area contributed by atoms with Crippen LogP contribution in [0.4, 0.5) is 5.82 Å². The van der Waals surface area contributed by atoms with Crippen LogP contribution in [0.3, 0.4) is 0 Å². The number of nitrogens with one attached hydrogen (secondary N) is 1. The highest BCUT2D eigenvalue weighted by Gasteiger charge is 2.22. The lowest BCUT2D eigenvalue weighted by Crippen LogP contribution is -2.30. The zero-order valence-electron chi connectivity index (χ0n) is 13.9. The molecular weight excluding hydrogens is 318 g/mol. The summed E-state index contributed by atoms with van der Waals surface area (Å²) in [6, 6.07) is 12.1. The molecule has 0 atom stereocenters. The highest BCUT2D eigenvalue weighted by molar-refractivity contribution is 6.08. The van der Waals surface area contributed by atoms with Gasteiger partial charge in [-0.05, 0) is 30.7 Å². The van der Waals surface area contributed by atoms with Crippen molar-refractivity contribution >= 4 is 22.6 Å². The van der Waals surface area contributed by atoms with Crippen molar-refractivity contribution in [1.29, 1.82) is 0 Å². The Morgan fingerprint density at radius 1 is 1.20 bits per heavy atom. The maximum atomic E-state index is 12.9. The molecule has 3 rings (SSSR count). The van der Waals surface area contributed by atoms with Crippen LogP contribution in [0.2, 0.25) is 0 Å². The number of carbonyl (C=O) groups excluding carboxylic acids is 1. The van der Waals surface area contributed by atoms with Gasteiger partial charge < -0.3 is 15.0 Å². The molecule has 0 radical (unpaired) electrons. The Morgan fingerprint density at radius 2 is 1.96 bits per heavy atom. The summed E-state index contributed by atoms with van der Waals surface area (Å²) in [5.74, 6) is -0.654.